The molecule has 1 aliphatic rings. The van der Waals surface area contributed by atoms with E-state index >= 15 is 4.39 Å². The lowest BCUT2D eigenvalue weighted by molar-refractivity contribution is 0.0252. The molecule has 1 saturated heterocycles. The number of carbonyl (C=O) groups excluding carboxylic acids is 1. The maximum atomic E-state index is 15.1. The number of para-hydroxylation sites is 1. The number of rotatable bonds is 3. The third-order valence-corrected chi connectivity index (χ3v) is 6.17. The van der Waals surface area contributed by atoms with E-state index in [0.29, 0.717) is 35.8 Å². The topological polar surface area (TPSA) is 81.9 Å². The fraction of sp³-hybridized carbons (Fsp3) is 0.407. The van der Waals surface area contributed by atoms with Crippen LogP contribution in [0.15, 0.2) is 48.7 Å². The number of alkyl halides is 1. The van der Waals surface area contributed by atoms with E-state index in [9.17, 15) is 4.79 Å². The summed E-state index contributed by atoms with van der Waals surface area (Å²) < 4.78 is 28.7. The number of carbonyl (C=O) groups is 1. The summed E-state index contributed by atoms with van der Waals surface area (Å²) in [4.78, 5) is 18.9. The highest BCUT2D eigenvalue weighted by atomic mass is 19.1. The van der Waals surface area contributed by atoms with Crippen molar-refractivity contribution in [3.05, 3.63) is 54.2 Å². The number of benzene rings is 1. The largest absolute Gasteiger partial charge is 0.485 e. The molecule has 0 spiro atoms. The Kier molecular flexibility index (Phi) is 6.24. The van der Waals surface area contributed by atoms with Crippen LogP contribution in [0.25, 0.3) is 28.1 Å². The van der Waals surface area contributed by atoms with Crippen LogP contribution >= 0.6 is 0 Å². The van der Waals surface area contributed by atoms with Gasteiger partial charge in [-0.1, -0.05) is 18.2 Å². The number of pyridine rings is 2. The zero-order valence-electron chi connectivity index (χ0n) is 20.9. The molecule has 4 aromatic rings. The fourth-order valence-electron chi connectivity index (χ4n) is 4.35. The Morgan fingerprint density at radius 1 is 1.08 bits per heavy atom. The number of fused-ring (bicyclic) bond motifs is 2. The third kappa shape index (κ3) is 4.96. The van der Waals surface area contributed by atoms with Gasteiger partial charge in [0.1, 0.15) is 34.8 Å². The van der Waals surface area contributed by atoms with Crippen LogP contribution in [0.2, 0.25) is 0 Å². The number of aryl methyl sites for hydroxylation is 1. The summed E-state index contributed by atoms with van der Waals surface area (Å²) in [7, 11) is 0. The van der Waals surface area contributed by atoms with Gasteiger partial charge in [-0.25, -0.2) is 14.2 Å². The highest BCUT2D eigenvalue weighted by molar-refractivity contribution is 5.86. The van der Waals surface area contributed by atoms with Crippen molar-refractivity contribution in [3.63, 3.8) is 0 Å². The van der Waals surface area contributed by atoms with E-state index in [1.807, 2.05) is 74.7 Å². The monoisotopic (exact) mass is 491 g/mol. The molecule has 0 bridgehead atoms. The molecular weight excluding hydrogens is 461 g/mol. The van der Waals surface area contributed by atoms with Crippen molar-refractivity contribution in [2.45, 2.75) is 58.4 Å². The van der Waals surface area contributed by atoms with Gasteiger partial charge in [0.25, 0.3) is 0 Å². The molecule has 1 fully saturated rings. The molecule has 3 aromatic heterocycles. The number of aromatic nitrogens is 4. The average molecular weight is 492 g/mol. The predicted molar refractivity (Wildman–Crippen MR) is 135 cm³/mol. The first-order chi connectivity index (χ1) is 17.2. The first-order valence-electron chi connectivity index (χ1n) is 12.2. The Balaban J connectivity index is 1.40. The SMILES string of the molecule is Cc1ccn2c(-c3ccc4cccc(O[C@H]5CCN(C(=O)OC(C)(C)C)CC[C@H]5F)c4n3)nnc2c1. The van der Waals surface area contributed by atoms with Gasteiger partial charge in [0.05, 0.1) is 0 Å². The molecule has 0 aliphatic carbocycles. The highest BCUT2D eigenvalue weighted by Gasteiger charge is 2.32. The zero-order chi connectivity index (χ0) is 25.4. The van der Waals surface area contributed by atoms with Gasteiger partial charge in [-0.3, -0.25) is 4.40 Å². The molecule has 1 amide bonds. The molecule has 0 radical (unpaired) electrons. The summed E-state index contributed by atoms with van der Waals surface area (Å²) in [6.07, 6.45) is 0.0973. The second-order valence-electron chi connectivity index (χ2n) is 10.2. The summed E-state index contributed by atoms with van der Waals surface area (Å²) in [5.74, 6) is 1.12. The summed E-state index contributed by atoms with van der Waals surface area (Å²) >= 11 is 0. The Morgan fingerprint density at radius 2 is 1.89 bits per heavy atom. The lowest BCUT2D eigenvalue weighted by atomic mass is 10.1. The molecule has 4 heterocycles. The van der Waals surface area contributed by atoms with Crippen LogP contribution in [-0.4, -0.2) is 61.5 Å². The third-order valence-electron chi connectivity index (χ3n) is 6.17. The van der Waals surface area contributed by atoms with Gasteiger partial charge in [0.15, 0.2) is 11.5 Å². The number of nitrogens with zero attached hydrogens (tertiary/aromatic N) is 5. The smallest absolute Gasteiger partial charge is 0.410 e. The van der Waals surface area contributed by atoms with Crippen molar-refractivity contribution >= 4 is 22.6 Å². The van der Waals surface area contributed by atoms with Crippen LogP contribution in [0, 0.1) is 6.92 Å². The van der Waals surface area contributed by atoms with Gasteiger partial charge in [0, 0.05) is 31.1 Å². The molecule has 8 nitrogen and oxygen atoms in total. The number of likely N-dealkylation sites (tertiary alicyclic amines) is 1. The van der Waals surface area contributed by atoms with Crippen molar-refractivity contribution in [3.8, 4) is 17.3 Å². The van der Waals surface area contributed by atoms with Crippen molar-refractivity contribution in [1.29, 1.82) is 0 Å². The number of amides is 1. The maximum Gasteiger partial charge on any atom is 0.410 e. The zero-order valence-corrected chi connectivity index (χ0v) is 20.9. The van der Waals surface area contributed by atoms with Crippen LogP contribution in [0.4, 0.5) is 9.18 Å². The minimum absolute atomic E-state index is 0.179. The molecule has 0 unspecified atom stereocenters. The molecule has 9 heteroatoms. The minimum atomic E-state index is -1.22. The number of hydrogen-bond donors (Lipinski definition) is 0. The Bertz CT molecular complexity index is 1410. The van der Waals surface area contributed by atoms with E-state index in [0.717, 1.165) is 16.6 Å². The molecule has 36 heavy (non-hydrogen) atoms. The highest BCUT2D eigenvalue weighted by Crippen LogP contribution is 2.30. The van der Waals surface area contributed by atoms with E-state index < -0.39 is 24.0 Å². The Morgan fingerprint density at radius 3 is 2.69 bits per heavy atom. The van der Waals surface area contributed by atoms with Crippen LogP contribution in [0.5, 0.6) is 5.75 Å². The summed E-state index contributed by atoms with van der Waals surface area (Å²) in [5.41, 5.74) is 2.50. The van der Waals surface area contributed by atoms with Crippen molar-refractivity contribution < 1.29 is 18.7 Å². The number of ether oxygens (including phenoxy) is 2. The molecular formula is C27H30FN5O3. The normalized spacial score (nSPS) is 18.9. The number of halogens is 1. The van der Waals surface area contributed by atoms with E-state index in [2.05, 4.69) is 10.2 Å². The van der Waals surface area contributed by atoms with Gasteiger partial charge < -0.3 is 14.4 Å². The molecule has 5 rings (SSSR count). The van der Waals surface area contributed by atoms with E-state index in [1.54, 1.807) is 11.0 Å². The van der Waals surface area contributed by atoms with E-state index in [-0.39, 0.29) is 13.0 Å². The lowest BCUT2D eigenvalue weighted by Gasteiger charge is -2.26. The quantitative estimate of drug-likeness (QED) is 0.383. The van der Waals surface area contributed by atoms with Gasteiger partial charge in [-0.2, -0.15) is 0 Å². The molecule has 2 atom stereocenters. The summed E-state index contributed by atoms with van der Waals surface area (Å²) in [6, 6.07) is 13.4. The fourth-order valence-corrected chi connectivity index (χ4v) is 4.35. The first-order valence-corrected chi connectivity index (χ1v) is 12.2. The molecule has 188 valence electrons. The van der Waals surface area contributed by atoms with Crippen molar-refractivity contribution in [2.24, 2.45) is 0 Å². The van der Waals surface area contributed by atoms with E-state index in [4.69, 9.17) is 14.5 Å². The second kappa shape index (κ2) is 9.37. The van der Waals surface area contributed by atoms with Crippen LogP contribution in [0.1, 0.15) is 39.2 Å². The average Bonchev–Trinajstić information content (AvgIpc) is 3.15. The first kappa shape index (κ1) is 24.0. The lowest BCUT2D eigenvalue weighted by Crippen LogP contribution is -2.37. The molecule has 1 aliphatic heterocycles. The standard InChI is InChI=1S/C27H30FN5O3/c1-17-10-15-33-23(16-17)30-31-25(33)20-9-8-18-6-5-7-22(24(18)29-20)35-21-12-14-32(13-11-19(21)28)26(34)36-27(2,3)4/h5-10,15-16,19,21H,11-14H2,1-4H3/t19-,21+/m1/s1. The summed E-state index contributed by atoms with van der Waals surface area (Å²) in [6.45, 7) is 8.10. The summed E-state index contributed by atoms with van der Waals surface area (Å²) in [5, 5.41) is 9.47. The van der Waals surface area contributed by atoms with E-state index in [1.165, 1.54) is 0 Å². The van der Waals surface area contributed by atoms with Crippen LogP contribution < -0.4 is 4.74 Å². The minimum Gasteiger partial charge on any atom is -0.485 e. The number of hydrogen-bond acceptors (Lipinski definition) is 6. The molecule has 0 N–H and O–H groups in total. The van der Waals surface area contributed by atoms with Gasteiger partial charge >= 0.3 is 6.09 Å². The van der Waals surface area contributed by atoms with Crippen LogP contribution in [0.3, 0.4) is 0 Å². The molecule has 0 saturated carbocycles. The Hall–Kier alpha value is -3.75. The van der Waals surface area contributed by atoms with Gasteiger partial charge in [-0.15, -0.1) is 10.2 Å². The van der Waals surface area contributed by atoms with Crippen molar-refractivity contribution in [1.82, 2.24) is 24.5 Å². The predicted octanol–water partition coefficient (Wildman–Crippen LogP) is 5.37. The van der Waals surface area contributed by atoms with Crippen molar-refractivity contribution in [2.75, 3.05) is 13.1 Å². The second-order valence-corrected chi connectivity index (χ2v) is 10.2. The molecule has 1 aromatic carbocycles. The van der Waals surface area contributed by atoms with Crippen LogP contribution in [-0.2, 0) is 4.74 Å². The Labute approximate surface area is 209 Å². The van der Waals surface area contributed by atoms with Gasteiger partial charge in [-0.05, 0) is 63.9 Å². The maximum absolute atomic E-state index is 15.1. The van der Waals surface area contributed by atoms with Gasteiger partial charge in [0.2, 0.25) is 0 Å².